The van der Waals surface area contributed by atoms with E-state index in [1.807, 2.05) is 72.8 Å². The summed E-state index contributed by atoms with van der Waals surface area (Å²) in [4.78, 5) is 16.6. The standard InChI is InChI=1S/C31H27N3O2/c35-30(34-22-21-32-24-34)36-23-29(25-13-5-1-6-14-25)33-31(26-15-7-2-8-16-26,27-17-9-3-10-18-27)28-19-11-4-12-20-28/h1-22,24,29,33H,23H2/t29-/m1/s1. The van der Waals surface area contributed by atoms with Crippen LogP contribution in [0.15, 0.2) is 140 Å². The molecule has 0 aliphatic carbocycles. The molecule has 0 saturated heterocycles. The second-order valence-corrected chi connectivity index (χ2v) is 8.50. The van der Waals surface area contributed by atoms with Crippen LogP contribution < -0.4 is 5.32 Å². The van der Waals surface area contributed by atoms with Crippen LogP contribution in [0.3, 0.4) is 0 Å². The number of ether oxygens (including phenoxy) is 1. The lowest BCUT2D eigenvalue weighted by atomic mass is 9.76. The Balaban J connectivity index is 1.63. The Labute approximate surface area is 211 Å². The Morgan fingerprint density at radius 2 is 1.22 bits per heavy atom. The molecule has 5 heteroatoms. The topological polar surface area (TPSA) is 56.1 Å². The minimum atomic E-state index is -0.703. The molecule has 0 fully saturated rings. The summed E-state index contributed by atoms with van der Waals surface area (Å²) in [5.74, 6) is 0. The van der Waals surface area contributed by atoms with Gasteiger partial charge in [-0.05, 0) is 22.3 Å². The second kappa shape index (κ2) is 10.8. The van der Waals surface area contributed by atoms with Crippen molar-refractivity contribution in [3.63, 3.8) is 0 Å². The predicted octanol–water partition coefficient (Wildman–Crippen LogP) is 6.19. The summed E-state index contributed by atoms with van der Waals surface area (Å²) in [5.41, 5.74) is 3.58. The van der Waals surface area contributed by atoms with Gasteiger partial charge in [0.1, 0.15) is 12.9 Å². The van der Waals surface area contributed by atoms with Crippen LogP contribution in [0.1, 0.15) is 28.3 Å². The highest BCUT2D eigenvalue weighted by Crippen LogP contribution is 2.39. The van der Waals surface area contributed by atoms with Gasteiger partial charge in [-0.1, -0.05) is 121 Å². The Bertz CT molecular complexity index is 1260. The van der Waals surface area contributed by atoms with Crippen molar-refractivity contribution < 1.29 is 9.53 Å². The molecule has 0 aliphatic rings. The molecule has 5 nitrogen and oxygen atoms in total. The van der Waals surface area contributed by atoms with Gasteiger partial charge >= 0.3 is 6.09 Å². The van der Waals surface area contributed by atoms with Crippen LogP contribution >= 0.6 is 0 Å². The maximum atomic E-state index is 12.7. The molecule has 0 bridgehead atoms. The number of imidazole rings is 1. The number of nitrogens with zero attached hydrogens (tertiary/aromatic N) is 2. The quantitative estimate of drug-likeness (QED) is 0.273. The second-order valence-electron chi connectivity index (χ2n) is 8.50. The first-order valence-corrected chi connectivity index (χ1v) is 11.9. The lowest BCUT2D eigenvalue weighted by Crippen LogP contribution is -2.47. The van der Waals surface area contributed by atoms with E-state index in [4.69, 9.17) is 4.74 Å². The van der Waals surface area contributed by atoms with Gasteiger partial charge in [0.05, 0.1) is 11.6 Å². The third-order valence-electron chi connectivity index (χ3n) is 6.30. The van der Waals surface area contributed by atoms with E-state index in [0.717, 1.165) is 22.3 Å². The first kappa shape index (κ1) is 23.3. The van der Waals surface area contributed by atoms with Crippen molar-refractivity contribution in [2.24, 2.45) is 0 Å². The largest absolute Gasteiger partial charge is 0.447 e. The summed E-state index contributed by atoms with van der Waals surface area (Å²) < 4.78 is 7.11. The monoisotopic (exact) mass is 473 g/mol. The van der Waals surface area contributed by atoms with Gasteiger partial charge in [-0.2, -0.15) is 0 Å². The van der Waals surface area contributed by atoms with E-state index in [1.165, 1.54) is 10.9 Å². The van der Waals surface area contributed by atoms with Gasteiger partial charge in [-0.25, -0.2) is 14.3 Å². The molecule has 0 saturated carbocycles. The molecule has 5 rings (SSSR count). The third-order valence-corrected chi connectivity index (χ3v) is 6.30. The molecule has 0 amide bonds. The van der Waals surface area contributed by atoms with Crippen molar-refractivity contribution in [3.8, 4) is 0 Å². The fourth-order valence-electron chi connectivity index (χ4n) is 4.58. The fraction of sp³-hybridized carbons (Fsp3) is 0.0968. The maximum absolute atomic E-state index is 12.7. The Kier molecular flexibility index (Phi) is 7.01. The summed E-state index contributed by atoms with van der Waals surface area (Å²) in [6.45, 7) is 0.134. The molecule has 0 unspecified atom stereocenters. The smallest absolute Gasteiger partial charge is 0.419 e. The van der Waals surface area contributed by atoms with Gasteiger partial charge in [-0.3, -0.25) is 5.32 Å². The molecule has 36 heavy (non-hydrogen) atoms. The van der Waals surface area contributed by atoms with E-state index in [-0.39, 0.29) is 12.6 Å². The summed E-state index contributed by atoms with van der Waals surface area (Å²) in [6.07, 6.45) is 4.10. The van der Waals surface area contributed by atoms with Gasteiger partial charge in [0.2, 0.25) is 0 Å². The first-order valence-electron chi connectivity index (χ1n) is 11.9. The minimum Gasteiger partial charge on any atom is -0.447 e. The zero-order valence-corrected chi connectivity index (χ0v) is 19.8. The zero-order valence-electron chi connectivity index (χ0n) is 19.8. The molecule has 0 aliphatic heterocycles. The molecule has 1 atom stereocenters. The van der Waals surface area contributed by atoms with Crippen LogP contribution in [0.25, 0.3) is 0 Å². The third kappa shape index (κ3) is 4.83. The van der Waals surface area contributed by atoms with Crippen LogP contribution in [0.4, 0.5) is 4.79 Å². The molecule has 0 radical (unpaired) electrons. The van der Waals surface area contributed by atoms with Gasteiger partial charge in [0, 0.05) is 12.4 Å². The van der Waals surface area contributed by atoms with Crippen molar-refractivity contribution in [2.45, 2.75) is 11.6 Å². The number of rotatable bonds is 8. The fourth-order valence-corrected chi connectivity index (χ4v) is 4.58. The van der Waals surface area contributed by atoms with Crippen molar-refractivity contribution >= 4 is 6.09 Å². The molecular formula is C31H27N3O2. The Morgan fingerprint density at radius 3 is 1.67 bits per heavy atom. The van der Waals surface area contributed by atoms with E-state index < -0.39 is 11.6 Å². The zero-order chi connectivity index (χ0) is 24.6. The number of aromatic nitrogens is 2. The number of nitrogens with one attached hydrogen (secondary N) is 1. The highest BCUT2D eigenvalue weighted by Gasteiger charge is 2.38. The van der Waals surface area contributed by atoms with Crippen LogP contribution in [0, 0.1) is 0 Å². The molecule has 5 aromatic rings. The summed E-state index contributed by atoms with van der Waals surface area (Å²) in [7, 11) is 0. The van der Waals surface area contributed by atoms with Gasteiger partial charge < -0.3 is 4.74 Å². The molecule has 4 aromatic carbocycles. The minimum absolute atomic E-state index is 0.134. The summed E-state index contributed by atoms with van der Waals surface area (Å²) >= 11 is 0. The van der Waals surface area contributed by atoms with Crippen molar-refractivity contribution in [1.82, 2.24) is 14.9 Å². The van der Waals surface area contributed by atoms with Gasteiger partial charge in [0.15, 0.2) is 0 Å². The van der Waals surface area contributed by atoms with E-state index in [2.05, 4.69) is 58.8 Å². The molecule has 1 heterocycles. The number of hydrogen-bond acceptors (Lipinski definition) is 4. The average molecular weight is 474 g/mol. The van der Waals surface area contributed by atoms with Crippen LogP contribution in [0.5, 0.6) is 0 Å². The van der Waals surface area contributed by atoms with Gasteiger partial charge in [0.25, 0.3) is 0 Å². The molecule has 1 aromatic heterocycles. The summed E-state index contributed by atoms with van der Waals surface area (Å²) in [5, 5.41) is 3.93. The SMILES string of the molecule is O=C(OC[C@@H](NC(c1ccccc1)(c1ccccc1)c1ccccc1)c1ccccc1)n1ccnc1. The van der Waals surface area contributed by atoms with Crippen molar-refractivity contribution in [3.05, 3.63) is 162 Å². The summed E-state index contributed by atoms with van der Waals surface area (Å²) in [6, 6.07) is 40.9. The maximum Gasteiger partial charge on any atom is 0.419 e. The van der Waals surface area contributed by atoms with E-state index >= 15 is 0 Å². The normalized spacial score (nSPS) is 12.1. The first-order chi connectivity index (χ1) is 17.8. The van der Waals surface area contributed by atoms with E-state index in [0.29, 0.717) is 0 Å². The van der Waals surface area contributed by atoms with E-state index in [1.54, 1.807) is 12.4 Å². The highest BCUT2D eigenvalue weighted by molar-refractivity contribution is 5.70. The number of benzene rings is 4. The molecule has 1 N–H and O–H groups in total. The average Bonchev–Trinajstić information content (AvgIpc) is 3.51. The number of hydrogen-bond donors (Lipinski definition) is 1. The highest BCUT2D eigenvalue weighted by atomic mass is 16.5. The Hall–Kier alpha value is -4.48. The lowest BCUT2D eigenvalue weighted by Gasteiger charge is -2.40. The number of carbonyl (C=O) groups excluding carboxylic acids is 1. The Morgan fingerprint density at radius 1 is 0.750 bits per heavy atom. The van der Waals surface area contributed by atoms with Crippen molar-refractivity contribution in [1.29, 1.82) is 0 Å². The molecule has 178 valence electrons. The predicted molar refractivity (Wildman–Crippen MR) is 140 cm³/mol. The van der Waals surface area contributed by atoms with Crippen LogP contribution in [-0.2, 0) is 10.3 Å². The van der Waals surface area contributed by atoms with E-state index in [9.17, 15) is 4.79 Å². The molecule has 0 spiro atoms. The van der Waals surface area contributed by atoms with Crippen molar-refractivity contribution in [2.75, 3.05) is 6.61 Å². The van der Waals surface area contributed by atoms with Crippen LogP contribution in [0.2, 0.25) is 0 Å². The molecular weight excluding hydrogens is 446 g/mol. The lowest BCUT2D eigenvalue weighted by molar-refractivity contribution is 0.130. The van der Waals surface area contributed by atoms with Crippen LogP contribution in [-0.4, -0.2) is 22.3 Å². The number of carbonyl (C=O) groups is 1. The van der Waals surface area contributed by atoms with Gasteiger partial charge in [-0.15, -0.1) is 0 Å².